The average Bonchev–Trinajstić information content (AvgIpc) is 3.32. The number of carbonyl (C=O) groups excluding carboxylic acids is 1. The van der Waals surface area contributed by atoms with Crippen molar-refractivity contribution in [1.29, 1.82) is 0 Å². The van der Waals surface area contributed by atoms with E-state index in [2.05, 4.69) is 10.3 Å². The predicted octanol–water partition coefficient (Wildman–Crippen LogP) is 2.15. The molecule has 1 unspecified atom stereocenters. The van der Waals surface area contributed by atoms with Gasteiger partial charge in [-0.05, 0) is 26.3 Å². The first kappa shape index (κ1) is 20.6. The van der Waals surface area contributed by atoms with E-state index in [-0.39, 0.29) is 18.4 Å². The van der Waals surface area contributed by atoms with Gasteiger partial charge >= 0.3 is 5.69 Å². The minimum absolute atomic E-state index is 0.0999. The lowest BCUT2D eigenvalue weighted by Gasteiger charge is -2.13. The van der Waals surface area contributed by atoms with Gasteiger partial charge in [-0.25, -0.2) is 9.78 Å². The molecule has 4 aromatic rings. The Hall–Kier alpha value is -3.62. The van der Waals surface area contributed by atoms with Crippen LogP contribution in [-0.4, -0.2) is 24.6 Å². The minimum Gasteiger partial charge on any atom is -0.459 e. The van der Waals surface area contributed by atoms with Crippen molar-refractivity contribution in [2.24, 2.45) is 14.1 Å². The van der Waals surface area contributed by atoms with Crippen molar-refractivity contribution in [3.8, 4) is 0 Å². The first-order chi connectivity index (χ1) is 14.8. The molecule has 3 aromatic heterocycles. The lowest BCUT2D eigenvalue weighted by Crippen LogP contribution is -2.37. The molecular formula is C22H25N5O4. The summed E-state index contributed by atoms with van der Waals surface area (Å²) in [6.07, 6.45) is 2.34. The molecule has 1 aromatic carbocycles. The third kappa shape index (κ3) is 3.56. The summed E-state index contributed by atoms with van der Waals surface area (Å²) in [5.74, 6) is 0.650. The van der Waals surface area contributed by atoms with E-state index in [1.807, 2.05) is 38.1 Å². The van der Waals surface area contributed by atoms with Crippen LogP contribution in [0.3, 0.4) is 0 Å². The monoisotopic (exact) mass is 423 g/mol. The largest absolute Gasteiger partial charge is 0.459 e. The van der Waals surface area contributed by atoms with Gasteiger partial charge in [-0.3, -0.25) is 18.7 Å². The average molecular weight is 423 g/mol. The number of hydrogen-bond donors (Lipinski definition) is 1. The Morgan fingerprint density at radius 3 is 2.68 bits per heavy atom. The molecule has 1 amide bonds. The topological polar surface area (TPSA) is 104 Å². The van der Waals surface area contributed by atoms with Gasteiger partial charge in [0.2, 0.25) is 5.91 Å². The molecular weight excluding hydrogens is 398 g/mol. The Balaban J connectivity index is 1.42. The van der Waals surface area contributed by atoms with Gasteiger partial charge in [0, 0.05) is 38.0 Å². The number of aryl methyl sites for hydroxylation is 3. The van der Waals surface area contributed by atoms with Crippen molar-refractivity contribution in [3.63, 3.8) is 0 Å². The van der Waals surface area contributed by atoms with Gasteiger partial charge in [-0.2, -0.15) is 0 Å². The van der Waals surface area contributed by atoms with Crippen molar-refractivity contribution >= 4 is 28.0 Å². The Morgan fingerprint density at radius 2 is 1.94 bits per heavy atom. The van der Waals surface area contributed by atoms with Crippen LogP contribution in [0, 0.1) is 6.92 Å². The smallest absolute Gasteiger partial charge is 0.332 e. The lowest BCUT2D eigenvalue weighted by molar-refractivity contribution is -0.122. The minimum atomic E-state index is -0.419. The molecule has 0 bridgehead atoms. The summed E-state index contributed by atoms with van der Waals surface area (Å²) < 4.78 is 10.0. The van der Waals surface area contributed by atoms with Gasteiger partial charge in [0.1, 0.15) is 11.3 Å². The highest BCUT2D eigenvalue weighted by atomic mass is 16.3. The predicted molar refractivity (Wildman–Crippen MR) is 117 cm³/mol. The molecule has 1 atom stereocenters. The number of amides is 1. The van der Waals surface area contributed by atoms with E-state index in [0.29, 0.717) is 24.1 Å². The first-order valence-electron chi connectivity index (χ1n) is 10.2. The quantitative estimate of drug-likeness (QED) is 0.512. The molecule has 9 nitrogen and oxygen atoms in total. The van der Waals surface area contributed by atoms with E-state index in [1.165, 1.54) is 17.9 Å². The Bertz CT molecular complexity index is 1410. The van der Waals surface area contributed by atoms with E-state index in [0.717, 1.165) is 26.9 Å². The van der Waals surface area contributed by atoms with Crippen LogP contribution in [0.5, 0.6) is 0 Å². The summed E-state index contributed by atoms with van der Waals surface area (Å²) in [6, 6.07) is 7.54. The SMILES string of the molecule is Cc1c(C(C)NC(=O)CCCn2cnc3c2c(=O)n(C)c(=O)n3C)oc2ccccc12. The summed E-state index contributed by atoms with van der Waals surface area (Å²) in [6.45, 7) is 4.33. The molecule has 0 saturated carbocycles. The Labute approximate surface area is 177 Å². The van der Waals surface area contributed by atoms with E-state index in [1.54, 1.807) is 11.6 Å². The van der Waals surface area contributed by atoms with Gasteiger partial charge in [0.25, 0.3) is 5.56 Å². The van der Waals surface area contributed by atoms with Gasteiger partial charge < -0.3 is 14.3 Å². The van der Waals surface area contributed by atoms with Crippen molar-refractivity contribution in [2.45, 2.75) is 39.3 Å². The summed E-state index contributed by atoms with van der Waals surface area (Å²) in [5.41, 5.74) is 1.71. The van der Waals surface area contributed by atoms with Crippen LogP contribution in [0.4, 0.5) is 0 Å². The fraction of sp³-hybridized carbons (Fsp3) is 0.364. The Kier molecular flexibility index (Phi) is 5.26. The maximum atomic E-state index is 12.5. The molecule has 9 heteroatoms. The van der Waals surface area contributed by atoms with Gasteiger partial charge in [-0.1, -0.05) is 18.2 Å². The van der Waals surface area contributed by atoms with Crippen LogP contribution in [0.25, 0.3) is 22.1 Å². The fourth-order valence-electron chi connectivity index (χ4n) is 3.96. The maximum Gasteiger partial charge on any atom is 0.332 e. The zero-order chi connectivity index (χ0) is 22.3. The van der Waals surface area contributed by atoms with Crippen molar-refractivity contribution in [2.75, 3.05) is 0 Å². The molecule has 0 aliphatic rings. The zero-order valence-corrected chi connectivity index (χ0v) is 18.0. The number of furan rings is 1. The van der Waals surface area contributed by atoms with Crippen molar-refractivity contribution < 1.29 is 9.21 Å². The first-order valence-corrected chi connectivity index (χ1v) is 10.2. The number of para-hydroxylation sites is 1. The Morgan fingerprint density at radius 1 is 1.19 bits per heavy atom. The molecule has 31 heavy (non-hydrogen) atoms. The maximum absolute atomic E-state index is 12.5. The molecule has 162 valence electrons. The molecule has 0 fully saturated rings. The molecule has 3 heterocycles. The second-order valence-corrected chi connectivity index (χ2v) is 7.80. The van der Waals surface area contributed by atoms with Gasteiger partial charge in [-0.15, -0.1) is 0 Å². The lowest BCUT2D eigenvalue weighted by atomic mass is 10.1. The van der Waals surface area contributed by atoms with Gasteiger partial charge in [0.15, 0.2) is 11.2 Å². The van der Waals surface area contributed by atoms with E-state index >= 15 is 0 Å². The summed E-state index contributed by atoms with van der Waals surface area (Å²) in [4.78, 5) is 41.2. The number of aromatic nitrogens is 4. The molecule has 0 saturated heterocycles. The molecule has 0 spiro atoms. The molecule has 0 radical (unpaired) electrons. The number of nitrogens with one attached hydrogen (secondary N) is 1. The number of hydrogen-bond acceptors (Lipinski definition) is 5. The third-order valence-electron chi connectivity index (χ3n) is 5.67. The van der Waals surface area contributed by atoms with Crippen LogP contribution < -0.4 is 16.6 Å². The normalized spacial score (nSPS) is 12.5. The number of benzene rings is 1. The number of rotatable bonds is 6. The number of fused-ring (bicyclic) bond motifs is 2. The van der Waals surface area contributed by atoms with Crippen LogP contribution in [0.15, 0.2) is 44.6 Å². The van der Waals surface area contributed by atoms with Crippen molar-refractivity contribution in [1.82, 2.24) is 24.0 Å². The standard InChI is InChI=1S/C22H25N5O4/c1-13-15-8-5-6-9-16(15)31-19(13)14(2)24-17(28)10-7-11-27-12-23-20-18(27)21(29)26(4)22(30)25(20)3/h5-6,8-9,12,14H,7,10-11H2,1-4H3,(H,24,28). The third-order valence-corrected chi connectivity index (χ3v) is 5.67. The highest BCUT2D eigenvalue weighted by Crippen LogP contribution is 2.29. The molecule has 0 aliphatic heterocycles. The molecule has 0 aliphatic carbocycles. The highest BCUT2D eigenvalue weighted by Gasteiger charge is 2.18. The van der Waals surface area contributed by atoms with Crippen LogP contribution in [-0.2, 0) is 25.4 Å². The summed E-state index contributed by atoms with van der Waals surface area (Å²) in [7, 11) is 3.02. The second kappa shape index (κ2) is 7.90. The molecule has 4 rings (SSSR count). The van der Waals surface area contributed by atoms with Crippen LogP contribution in [0.2, 0.25) is 0 Å². The zero-order valence-electron chi connectivity index (χ0n) is 18.0. The molecule has 1 N–H and O–H groups in total. The summed E-state index contributed by atoms with van der Waals surface area (Å²) in [5, 5.41) is 4.03. The summed E-state index contributed by atoms with van der Waals surface area (Å²) >= 11 is 0. The second-order valence-electron chi connectivity index (χ2n) is 7.80. The van der Waals surface area contributed by atoms with Crippen molar-refractivity contribution in [3.05, 3.63) is 62.8 Å². The number of imidazole rings is 1. The van der Waals surface area contributed by atoms with E-state index in [4.69, 9.17) is 4.42 Å². The van der Waals surface area contributed by atoms with Gasteiger partial charge in [0.05, 0.1) is 12.4 Å². The number of nitrogens with zero attached hydrogens (tertiary/aromatic N) is 4. The fourth-order valence-corrected chi connectivity index (χ4v) is 3.96. The number of carbonyl (C=O) groups is 1. The van der Waals surface area contributed by atoms with E-state index in [9.17, 15) is 14.4 Å². The van der Waals surface area contributed by atoms with E-state index < -0.39 is 11.2 Å². The van der Waals surface area contributed by atoms with Crippen LogP contribution in [0.1, 0.15) is 37.1 Å². The van der Waals surface area contributed by atoms with Crippen LogP contribution >= 0.6 is 0 Å². The highest BCUT2D eigenvalue weighted by molar-refractivity contribution is 5.82.